The SMILES string of the molecule is O=C1CC(Cl)(N2CCCC(c3nc4ccccc4s3)NC2)C(=O)c2ccccc21. The molecule has 29 heavy (non-hydrogen) atoms. The highest BCUT2D eigenvalue weighted by Gasteiger charge is 2.49. The van der Waals surface area contributed by atoms with Gasteiger partial charge < -0.3 is 0 Å². The van der Waals surface area contributed by atoms with Crippen LogP contribution in [0.1, 0.15) is 51.0 Å². The van der Waals surface area contributed by atoms with Crippen LogP contribution in [0.5, 0.6) is 0 Å². The number of benzene rings is 2. The lowest BCUT2D eigenvalue weighted by Crippen LogP contribution is -2.56. The van der Waals surface area contributed by atoms with Gasteiger partial charge in [0.05, 0.1) is 29.3 Å². The molecule has 7 heteroatoms. The summed E-state index contributed by atoms with van der Waals surface area (Å²) in [6.07, 6.45) is 1.77. The van der Waals surface area contributed by atoms with Crippen LogP contribution in [0.4, 0.5) is 0 Å². The van der Waals surface area contributed by atoms with Crippen molar-refractivity contribution in [2.75, 3.05) is 13.2 Å². The first-order valence-corrected chi connectivity index (χ1v) is 11.0. The van der Waals surface area contributed by atoms with Crippen LogP contribution < -0.4 is 5.32 Å². The fraction of sp³-hybridized carbons (Fsp3) is 0.318. The molecule has 1 fully saturated rings. The third-order valence-corrected chi connectivity index (χ3v) is 7.47. The Morgan fingerprint density at radius 2 is 1.86 bits per heavy atom. The molecule has 0 spiro atoms. The van der Waals surface area contributed by atoms with E-state index in [0.717, 1.165) is 23.4 Å². The van der Waals surface area contributed by atoms with E-state index in [-0.39, 0.29) is 24.0 Å². The topological polar surface area (TPSA) is 62.3 Å². The lowest BCUT2D eigenvalue weighted by Gasteiger charge is -2.39. The number of ketones is 2. The highest BCUT2D eigenvalue weighted by molar-refractivity contribution is 7.18. The molecule has 5 nitrogen and oxygen atoms in total. The van der Waals surface area contributed by atoms with Crippen molar-refractivity contribution in [2.24, 2.45) is 0 Å². The van der Waals surface area contributed by atoms with Crippen molar-refractivity contribution in [1.29, 1.82) is 0 Å². The predicted molar refractivity (Wildman–Crippen MR) is 115 cm³/mol. The first-order valence-electron chi connectivity index (χ1n) is 9.76. The van der Waals surface area contributed by atoms with E-state index in [4.69, 9.17) is 16.6 Å². The molecule has 2 aromatic carbocycles. The molecule has 2 heterocycles. The van der Waals surface area contributed by atoms with E-state index >= 15 is 0 Å². The zero-order chi connectivity index (χ0) is 20.0. The van der Waals surface area contributed by atoms with Crippen molar-refractivity contribution in [3.05, 3.63) is 64.7 Å². The lowest BCUT2D eigenvalue weighted by molar-refractivity contribution is 0.0641. The molecule has 2 aliphatic rings. The molecule has 0 saturated carbocycles. The molecule has 0 amide bonds. The third kappa shape index (κ3) is 3.20. The number of rotatable bonds is 2. The number of halogens is 1. The fourth-order valence-corrected chi connectivity index (χ4v) is 5.66. The minimum atomic E-state index is -1.33. The molecule has 148 valence electrons. The summed E-state index contributed by atoms with van der Waals surface area (Å²) in [6, 6.07) is 15.2. The van der Waals surface area contributed by atoms with E-state index in [1.165, 1.54) is 4.70 Å². The number of hydrogen-bond donors (Lipinski definition) is 1. The molecule has 0 bridgehead atoms. The number of thiazole rings is 1. The standard InChI is InChI=1S/C22H20ClN3O2S/c23-22(12-18(27)14-6-1-2-7-15(14)20(22)28)26-11-5-9-17(24-13-26)21-25-16-8-3-4-10-19(16)29-21/h1-4,6-8,10,17,24H,5,9,11-13H2. The minimum Gasteiger partial charge on any atom is -0.295 e. The second-order valence-corrected chi connectivity index (χ2v) is 9.26. The number of aromatic nitrogens is 1. The van der Waals surface area contributed by atoms with E-state index in [0.29, 0.717) is 24.3 Å². The van der Waals surface area contributed by atoms with Crippen molar-refractivity contribution in [3.63, 3.8) is 0 Å². The van der Waals surface area contributed by atoms with Crippen molar-refractivity contribution in [2.45, 2.75) is 30.3 Å². The second-order valence-electron chi connectivity index (χ2n) is 7.57. The molecule has 5 rings (SSSR count). The molecule has 1 saturated heterocycles. The van der Waals surface area contributed by atoms with Gasteiger partial charge in [-0.3, -0.25) is 19.8 Å². The highest BCUT2D eigenvalue weighted by atomic mass is 35.5. The maximum absolute atomic E-state index is 13.2. The lowest BCUT2D eigenvalue weighted by atomic mass is 9.85. The van der Waals surface area contributed by atoms with Gasteiger partial charge in [0.2, 0.25) is 0 Å². The van der Waals surface area contributed by atoms with Gasteiger partial charge in [0, 0.05) is 17.7 Å². The van der Waals surface area contributed by atoms with Crippen LogP contribution in [-0.4, -0.2) is 39.7 Å². The summed E-state index contributed by atoms with van der Waals surface area (Å²) in [4.78, 5) is 31.2. The number of fused-ring (bicyclic) bond motifs is 2. The van der Waals surface area contributed by atoms with E-state index in [1.807, 2.05) is 23.1 Å². The molecule has 0 radical (unpaired) electrons. The molecule has 1 aliphatic heterocycles. The van der Waals surface area contributed by atoms with Gasteiger partial charge in [-0.2, -0.15) is 0 Å². The summed E-state index contributed by atoms with van der Waals surface area (Å²) in [5, 5.41) is 4.57. The number of carbonyl (C=O) groups is 2. The predicted octanol–water partition coefficient (Wildman–Crippen LogP) is 4.38. The molecular weight excluding hydrogens is 406 g/mol. The number of carbonyl (C=O) groups excluding carboxylic acids is 2. The Kier molecular flexibility index (Phi) is 4.75. The highest BCUT2D eigenvalue weighted by Crippen LogP contribution is 2.38. The zero-order valence-electron chi connectivity index (χ0n) is 15.7. The molecule has 1 aromatic heterocycles. The first kappa shape index (κ1) is 18.9. The summed E-state index contributed by atoms with van der Waals surface area (Å²) in [5.41, 5.74) is 1.91. The van der Waals surface area contributed by atoms with Crippen molar-refractivity contribution in [1.82, 2.24) is 15.2 Å². The van der Waals surface area contributed by atoms with Crippen LogP contribution in [0.2, 0.25) is 0 Å². The van der Waals surface area contributed by atoms with Gasteiger partial charge in [0.1, 0.15) is 5.01 Å². The molecule has 1 N–H and O–H groups in total. The van der Waals surface area contributed by atoms with Gasteiger partial charge in [0.15, 0.2) is 16.6 Å². The van der Waals surface area contributed by atoms with Crippen LogP contribution in [-0.2, 0) is 0 Å². The van der Waals surface area contributed by atoms with E-state index in [1.54, 1.807) is 35.6 Å². The smallest absolute Gasteiger partial charge is 0.199 e. The number of Topliss-reactive ketones (excluding diaryl/α,β-unsaturated/α-hetero) is 2. The number of nitrogens with zero attached hydrogens (tertiary/aromatic N) is 2. The minimum absolute atomic E-state index is 0.00210. The maximum Gasteiger partial charge on any atom is 0.199 e. The van der Waals surface area contributed by atoms with Crippen LogP contribution in [0.3, 0.4) is 0 Å². The normalized spacial score (nSPS) is 25.8. The van der Waals surface area contributed by atoms with Crippen LogP contribution in [0, 0.1) is 0 Å². The van der Waals surface area contributed by atoms with Crippen LogP contribution in [0.15, 0.2) is 48.5 Å². The first-order chi connectivity index (χ1) is 14.1. The van der Waals surface area contributed by atoms with E-state index in [9.17, 15) is 9.59 Å². The van der Waals surface area contributed by atoms with Gasteiger partial charge in [-0.25, -0.2) is 4.98 Å². The maximum atomic E-state index is 13.2. The monoisotopic (exact) mass is 425 g/mol. The van der Waals surface area contributed by atoms with Crippen molar-refractivity contribution in [3.8, 4) is 0 Å². The van der Waals surface area contributed by atoms with E-state index < -0.39 is 5.00 Å². The molecule has 2 unspecified atom stereocenters. The fourth-order valence-electron chi connectivity index (χ4n) is 4.21. The third-order valence-electron chi connectivity index (χ3n) is 5.77. The summed E-state index contributed by atoms with van der Waals surface area (Å²) in [6.45, 7) is 1.09. The van der Waals surface area contributed by atoms with Gasteiger partial charge in [-0.1, -0.05) is 48.0 Å². The van der Waals surface area contributed by atoms with Gasteiger partial charge >= 0.3 is 0 Å². The number of nitrogens with one attached hydrogen (secondary N) is 1. The molecule has 2 atom stereocenters. The largest absolute Gasteiger partial charge is 0.295 e. The van der Waals surface area contributed by atoms with Crippen molar-refractivity contribution < 1.29 is 9.59 Å². The Bertz CT molecular complexity index is 1080. The Morgan fingerprint density at radius 3 is 2.69 bits per heavy atom. The van der Waals surface area contributed by atoms with Crippen LogP contribution >= 0.6 is 22.9 Å². The molecular formula is C22H20ClN3O2S. The van der Waals surface area contributed by atoms with Gasteiger partial charge in [0.25, 0.3) is 0 Å². The van der Waals surface area contributed by atoms with Gasteiger partial charge in [-0.15, -0.1) is 11.3 Å². The Labute approximate surface area is 177 Å². The molecule has 3 aromatic rings. The Morgan fingerprint density at radius 1 is 1.10 bits per heavy atom. The summed E-state index contributed by atoms with van der Waals surface area (Å²) >= 11 is 8.55. The number of alkyl halides is 1. The second kappa shape index (κ2) is 7.29. The van der Waals surface area contributed by atoms with Crippen LogP contribution in [0.25, 0.3) is 10.2 Å². The molecule has 1 aliphatic carbocycles. The average Bonchev–Trinajstić information content (AvgIpc) is 3.01. The Balaban J connectivity index is 1.39. The number of hydrogen-bond acceptors (Lipinski definition) is 6. The zero-order valence-corrected chi connectivity index (χ0v) is 17.3. The quantitative estimate of drug-likeness (QED) is 0.487. The summed E-state index contributed by atoms with van der Waals surface area (Å²) < 4.78 is 1.17. The van der Waals surface area contributed by atoms with Gasteiger partial charge in [-0.05, 0) is 25.0 Å². The van der Waals surface area contributed by atoms with Crippen molar-refractivity contribution >= 4 is 44.7 Å². The number of para-hydroxylation sites is 1. The summed E-state index contributed by atoms with van der Waals surface area (Å²) in [7, 11) is 0. The Hall–Kier alpha value is -2.12. The average molecular weight is 426 g/mol. The summed E-state index contributed by atoms with van der Waals surface area (Å²) in [5.74, 6) is -0.267. The van der Waals surface area contributed by atoms with E-state index in [2.05, 4.69) is 11.4 Å².